The second-order valence-electron chi connectivity index (χ2n) is 5.54. The van der Waals surface area contributed by atoms with Gasteiger partial charge in [0.05, 0.1) is 4.92 Å². The Hall–Kier alpha value is -2.08. The summed E-state index contributed by atoms with van der Waals surface area (Å²) in [5.41, 5.74) is 1.73. The number of nitro benzene ring substituents is 1. The Balaban J connectivity index is 2.50. The monoisotopic (exact) mass is 289 g/mol. The molecule has 0 atom stereocenters. The number of nitrogens with zero attached hydrogens (tertiary/aromatic N) is 2. The van der Waals surface area contributed by atoms with Crippen molar-refractivity contribution in [3.05, 3.63) is 50.8 Å². The highest BCUT2D eigenvalue weighted by molar-refractivity contribution is 7.71. The first-order valence-corrected chi connectivity index (χ1v) is 6.55. The van der Waals surface area contributed by atoms with Crippen molar-refractivity contribution in [2.75, 3.05) is 0 Å². The van der Waals surface area contributed by atoms with Crippen LogP contribution < -0.4 is 0 Å². The molecule has 20 heavy (non-hydrogen) atoms. The molecule has 0 fully saturated rings. The van der Waals surface area contributed by atoms with Crippen molar-refractivity contribution >= 4 is 17.9 Å². The van der Waals surface area contributed by atoms with Crippen LogP contribution in [-0.2, 0) is 5.41 Å². The van der Waals surface area contributed by atoms with E-state index >= 15 is 0 Å². The molecule has 5 nitrogen and oxygen atoms in total. The highest BCUT2D eigenvalue weighted by atomic mass is 32.1. The molecule has 1 aromatic heterocycles. The summed E-state index contributed by atoms with van der Waals surface area (Å²) in [6.45, 7) is 6.23. The number of nitrogens with one attached hydrogen (secondary N) is 1. The van der Waals surface area contributed by atoms with Gasteiger partial charge in [0.25, 0.3) is 5.69 Å². The van der Waals surface area contributed by atoms with Gasteiger partial charge in [-0.3, -0.25) is 10.1 Å². The van der Waals surface area contributed by atoms with Gasteiger partial charge < -0.3 is 4.98 Å². The summed E-state index contributed by atoms with van der Waals surface area (Å²) in [7, 11) is 0. The van der Waals surface area contributed by atoms with Gasteiger partial charge >= 0.3 is 0 Å². The first-order valence-electron chi connectivity index (χ1n) is 6.14. The van der Waals surface area contributed by atoms with E-state index in [1.165, 1.54) is 12.1 Å². The van der Waals surface area contributed by atoms with Gasteiger partial charge in [0, 0.05) is 28.8 Å². The standard InChI is InChI=1S/C14H15N3O2S/c1-14(2,3)11-8-12(20)16-13(15-11)9-4-6-10(7-5-9)17(18)19/h4-8H,1-3H3,(H,15,16,20). The minimum atomic E-state index is -0.426. The van der Waals surface area contributed by atoms with Crippen LogP contribution >= 0.6 is 12.2 Å². The molecule has 104 valence electrons. The van der Waals surface area contributed by atoms with E-state index in [4.69, 9.17) is 12.2 Å². The van der Waals surface area contributed by atoms with Crippen molar-refractivity contribution in [1.82, 2.24) is 9.97 Å². The van der Waals surface area contributed by atoms with Gasteiger partial charge in [-0.15, -0.1) is 0 Å². The van der Waals surface area contributed by atoms with Crippen molar-refractivity contribution < 1.29 is 4.92 Å². The zero-order valence-electron chi connectivity index (χ0n) is 11.5. The highest BCUT2D eigenvalue weighted by Crippen LogP contribution is 2.24. The van der Waals surface area contributed by atoms with Crippen LogP contribution in [0.15, 0.2) is 30.3 Å². The first kappa shape index (κ1) is 14.3. The topological polar surface area (TPSA) is 71.8 Å². The quantitative estimate of drug-likeness (QED) is 0.515. The predicted octanol–water partition coefficient (Wildman–Crippen LogP) is 4.01. The fourth-order valence-corrected chi connectivity index (χ4v) is 1.95. The van der Waals surface area contributed by atoms with Crippen molar-refractivity contribution in [3.63, 3.8) is 0 Å². The van der Waals surface area contributed by atoms with Crippen LogP contribution in [0.2, 0.25) is 0 Å². The summed E-state index contributed by atoms with van der Waals surface area (Å²) in [5, 5.41) is 10.7. The molecule has 0 spiro atoms. The summed E-state index contributed by atoms with van der Waals surface area (Å²) in [5.74, 6) is 0.623. The SMILES string of the molecule is CC(C)(C)c1cc(=S)nc(-c2ccc([N+](=O)[O-])cc2)[nH]1. The molecular weight excluding hydrogens is 274 g/mol. The fourth-order valence-electron chi connectivity index (χ4n) is 1.74. The molecule has 1 N–H and O–H groups in total. The number of aromatic amines is 1. The molecule has 0 aliphatic carbocycles. The van der Waals surface area contributed by atoms with Gasteiger partial charge in [-0.1, -0.05) is 33.0 Å². The van der Waals surface area contributed by atoms with Gasteiger partial charge in [0.15, 0.2) is 0 Å². The van der Waals surface area contributed by atoms with Gasteiger partial charge in [-0.05, 0) is 18.2 Å². The molecule has 2 aromatic rings. The van der Waals surface area contributed by atoms with Crippen LogP contribution in [0.4, 0.5) is 5.69 Å². The van der Waals surface area contributed by atoms with E-state index < -0.39 is 4.92 Å². The van der Waals surface area contributed by atoms with E-state index in [9.17, 15) is 10.1 Å². The van der Waals surface area contributed by atoms with Crippen molar-refractivity contribution in [2.45, 2.75) is 26.2 Å². The average molecular weight is 289 g/mol. The lowest BCUT2D eigenvalue weighted by molar-refractivity contribution is -0.384. The molecule has 2 rings (SSSR count). The maximum atomic E-state index is 10.7. The van der Waals surface area contributed by atoms with Crippen molar-refractivity contribution in [1.29, 1.82) is 0 Å². The number of hydrogen-bond acceptors (Lipinski definition) is 4. The number of rotatable bonds is 2. The molecule has 0 radical (unpaired) electrons. The molecule has 0 aliphatic heterocycles. The van der Waals surface area contributed by atoms with E-state index in [1.54, 1.807) is 12.1 Å². The minimum Gasteiger partial charge on any atom is -0.343 e. The molecule has 0 amide bonds. The van der Waals surface area contributed by atoms with Crippen LogP contribution in [0.3, 0.4) is 0 Å². The third-order valence-electron chi connectivity index (χ3n) is 2.90. The number of aromatic nitrogens is 2. The Morgan fingerprint density at radius 1 is 1.25 bits per heavy atom. The Labute approximate surface area is 121 Å². The number of benzene rings is 1. The van der Waals surface area contributed by atoms with Crippen molar-refractivity contribution in [2.24, 2.45) is 0 Å². The average Bonchev–Trinajstić information content (AvgIpc) is 2.37. The molecule has 0 saturated carbocycles. The Morgan fingerprint density at radius 2 is 1.85 bits per heavy atom. The molecule has 0 unspecified atom stereocenters. The molecular formula is C14H15N3O2S. The van der Waals surface area contributed by atoms with Crippen LogP contribution in [0.1, 0.15) is 26.5 Å². The third-order valence-corrected chi connectivity index (χ3v) is 3.11. The Kier molecular flexibility index (Phi) is 3.67. The van der Waals surface area contributed by atoms with Crippen LogP contribution in [-0.4, -0.2) is 14.9 Å². The van der Waals surface area contributed by atoms with E-state index in [0.717, 1.165) is 11.3 Å². The summed E-state index contributed by atoms with van der Waals surface area (Å²) in [6, 6.07) is 8.08. The molecule has 6 heteroatoms. The van der Waals surface area contributed by atoms with Gasteiger partial charge in [0.2, 0.25) is 0 Å². The molecule has 0 saturated heterocycles. The highest BCUT2D eigenvalue weighted by Gasteiger charge is 2.16. The number of H-pyrrole nitrogens is 1. The van der Waals surface area contributed by atoms with Gasteiger partial charge in [-0.25, -0.2) is 4.98 Å². The molecule has 1 aromatic carbocycles. The molecule has 1 heterocycles. The van der Waals surface area contributed by atoms with Crippen LogP contribution in [0, 0.1) is 14.8 Å². The van der Waals surface area contributed by atoms with Gasteiger partial charge in [0.1, 0.15) is 10.5 Å². The Bertz CT molecular complexity index is 700. The predicted molar refractivity (Wildman–Crippen MR) is 80.2 cm³/mol. The summed E-state index contributed by atoms with van der Waals surface area (Å²) in [4.78, 5) is 17.8. The summed E-state index contributed by atoms with van der Waals surface area (Å²) < 4.78 is 0.502. The van der Waals surface area contributed by atoms with Gasteiger partial charge in [-0.2, -0.15) is 0 Å². The number of hydrogen-bond donors (Lipinski definition) is 1. The maximum Gasteiger partial charge on any atom is 0.269 e. The lowest BCUT2D eigenvalue weighted by Gasteiger charge is -2.19. The summed E-state index contributed by atoms with van der Waals surface area (Å²) in [6.07, 6.45) is 0. The van der Waals surface area contributed by atoms with E-state index in [2.05, 4.69) is 30.7 Å². The van der Waals surface area contributed by atoms with Crippen LogP contribution in [0.25, 0.3) is 11.4 Å². The molecule has 0 aliphatic rings. The smallest absolute Gasteiger partial charge is 0.269 e. The zero-order chi connectivity index (χ0) is 14.9. The fraction of sp³-hybridized carbons (Fsp3) is 0.286. The summed E-state index contributed by atoms with van der Waals surface area (Å²) >= 11 is 5.18. The number of nitro groups is 1. The molecule has 0 bridgehead atoms. The normalized spacial score (nSPS) is 11.3. The van der Waals surface area contributed by atoms with E-state index in [1.807, 2.05) is 6.07 Å². The number of non-ortho nitro benzene ring substituents is 1. The minimum absolute atomic E-state index is 0.0549. The first-order chi connectivity index (χ1) is 9.27. The third kappa shape index (κ3) is 3.08. The van der Waals surface area contributed by atoms with E-state index in [0.29, 0.717) is 10.5 Å². The second-order valence-corrected chi connectivity index (χ2v) is 5.95. The lowest BCUT2D eigenvalue weighted by Crippen LogP contribution is -2.14. The largest absolute Gasteiger partial charge is 0.343 e. The van der Waals surface area contributed by atoms with Crippen molar-refractivity contribution in [3.8, 4) is 11.4 Å². The lowest BCUT2D eigenvalue weighted by atomic mass is 9.92. The van der Waals surface area contributed by atoms with E-state index in [-0.39, 0.29) is 11.1 Å². The second kappa shape index (κ2) is 5.13. The van der Waals surface area contributed by atoms with Crippen LogP contribution in [0.5, 0.6) is 0 Å². The maximum absolute atomic E-state index is 10.7. The Morgan fingerprint density at radius 3 is 2.35 bits per heavy atom. The zero-order valence-corrected chi connectivity index (χ0v) is 12.3.